The van der Waals surface area contributed by atoms with Crippen LogP contribution in [-0.4, -0.2) is 37.2 Å². The predicted molar refractivity (Wildman–Crippen MR) is 76.1 cm³/mol. The van der Waals surface area contributed by atoms with Crippen molar-refractivity contribution in [1.29, 1.82) is 0 Å². The Balaban J connectivity index is 2.13. The number of aryl methyl sites for hydroxylation is 1. The van der Waals surface area contributed by atoms with E-state index in [1.807, 2.05) is 0 Å². The Bertz CT molecular complexity index is 421. The summed E-state index contributed by atoms with van der Waals surface area (Å²) >= 11 is 0.589. The molecule has 1 aliphatic rings. The molecule has 0 atom stereocenters. The molecule has 17 heavy (non-hydrogen) atoms. The molecule has 1 nitrogen and oxygen atoms in total. The zero-order valence-electron chi connectivity index (χ0n) is 10.6. The monoisotopic (exact) mass is 294 g/mol. The molecular formula is C15H20NSe+. The van der Waals surface area contributed by atoms with Gasteiger partial charge in [0, 0.05) is 0 Å². The van der Waals surface area contributed by atoms with E-state index in [-0.39, 0.29) is 0 Å². The first-order valence-corrected chi connectivity index (χ1v) is 8.77. The van der Waals surface area contributed by atoms with Crippen LogP contribution >= 0.6 is 0 Å². The van der Waals surface area contributed by atoms with Crippen LogP contribution in [0.1, 0.15) is 24.0 Å². The van der Waals surface area contributed by atoms with Gasteiger partial charge < -0.3 is 0 Å². The molecule has 0 unspecified atom stereocenters. The average Bonchev–Trinajstić information content (AvgIpc) is 2.86. The van der Waals surface area contributed by atoms with Gasteiger partial charge in [0.1, 0.15) is 0 Å². The molecule has 1 fully saturated rings. The summed E-state index contributed by atoms with van der Waals surface area (Å²) in [5.41, 5.74) is 2.63. The molecule has 2 heteroatoms. The van der Waals surface area contributed by atoms with Gasteiger partial charge in [0.2, 0.25) is 0 Å². The molecule has 1 aliphatic heterocycles. The molecule has 1 saturated heterocycles. The van der Waals surface area contributed by atoms with Crippen molar-refractivity contribution < 1.29 is 4.58 Å². The molecule has 2 rings (SSSR count). The van der Waals surface area contributed by atoms with Crippen LogP contribution in [0.5, 0.6) is 0 Å². The average molecular weight is 293 g/mol. The zero-order valence-corrected chi connectivity index (χ0v) is 12.4. The summed E-state index contributed by atoms with van der Waals surface area (Å²) in [7, 11) is 0. The summed E-state index contributed by atoms with van der Waals surface area (Å²) in [6, 6.07) is 8.73. The van der Waals surface area contributed by atoms with Crippen molar-refractivity contribution in [2.24, 2.45) is 0 Å². The van der Waals surface area contributed by atoms with Gasteiger partial charge in [-0.3, -0.25) is 0 Å². The van der Waals surface area contributed by atoms with Crippen molar-refractivity contribution in [3.05, 3.63) is 41.5 Å². The van der Waals surface area contributed by atoms with Gasteiger partial charge in [0.15, 0.2) is 0 Å². The van der Waals surface area contributed by atoms with E-state index in [1.54, 1.807) is 0 Å². The topological polar surface area (TPSA) is 3.01 Å². The van der Waals surface area contributed by atoms with Gasteiger partial charge in [-0.25, -0.2) is 0 Å². The quantitative estimate of drug-likeness (QED) is 0.595. The standard InChI is InChI=1S/C15H20NSe/c1-13-5-7-14(8-6-13)9-10-15(17-2)16-11-3-4-12-16/h5-10H,3-4,11-12H2,1-2H3/q+1/b10-9+. The number of benzene rings is 1. The van der Waals surface area contributed by atoms with Crippen LogP contribution in [0.4, 0.5) is 0 Å². The molecule has 1 aromatic rings. The molecule has 1 aromatic carbocycles. The first-order valence-electron chi connectivity index (χ1n) is 6.20. The van der Waals surface area contributed by atoms with E-state index in [4.69, 9.17) is 0 Å². The van der Waals surface area contributed by atoms with Crippen LogP contribution in [-0.2, 0) is 0 Å². The molecule has 0 saturated carbocycles. The van der Waals surface area contributed by atoms with Gasteiger partial charge in [-0.2, -0.15) is 0 Å². The SMILES string of the molecule is C[Se]C(/C=C/c1ccc(C)cc1)=[N+]1CCCC1. The predicted octanol–water partition coefficient (Wildman–Crippen LogP) is 2.97. The fraction of sp³-hybridized carbons (Fsp3) is 0.400. The van der Waals surface area contributed by atoms with Crippen LogP contribution in [0.25, 0.3) is 6.08 Å². The molecule has 0 amide bonds. The normalized spacial score (nSPS) is 15.8. The summed E-state index contributed by atoms with van der Waals surface area (Å²) in [5.74, 6) is 2.31. The minimum atomic E-state index is 0.589. The van der Waals surface area contributed by atoms with Crippen LogP contribution < -0.4 is 0 Å². The summed E-state index contributed by atoms with van der Waals surface area (Å²) in [6.07, 6.45) is 7.28. The fourth-order valence-electron chi connectivity index (χ4n) is 2.09. The summed E-state index contributed by atoms with van der Waals surface area (Å²) < 4.78 is 4.08. The number of hydrogen-bond donors (Lipinski definition) is 0. The first kappa shape index (κ1) is 12.6. The van der Waals surface area contributed by atoms with E-state index in [9.17, 15) is 0 Å². The summed E-state index contributed by atoms with van der Waals surface area (Å²) in [5, 5.41) is 0. The maximum absolute atomic E-state index is 2.55. The molecule has 0 spiro atoms. The number of nitrogens with zero attached hydrogens (tertiary/aromatic N) is 1. The Morgan fingerprint density at radius 2 is 1.82 bits per heavy atom. The van der Waals surface area contributed by atoms with Crippen LogP contribution in [0.2, 0.25) is 5.82 Å². The number of rotatable bonds is 3. The Morgan fingerprint density at radius 1 is 1.18 bits per heavy atom. The molecule has 0 bridgehead atoms. The maximum atomic E-state index is 2.55. The fourth-order valence-corrected chi connectivity index (χ4v) is 3.44. The molecule has 0 aromatic heterocycles. The molecule has 0 aliphatic carbocycles. The van der Waals surface area contributed by atoms with Gasteiger partial charge in [-0.1, -0.05) is 0 Å². The number of hydrogen-bond acceptors (Lipinski definition) is 0. The minimum absolute atomic E-state index is 0.589. The second-order valence-electron chi connectivity index (χ2n) is 4.48. The summed E-state index contributed by atoms with van der Waals surface area (Å²) in [6.45, 7) is 4.64. The Kier molecular flexibility index (Phi) is 4.58. The van der Waals surface area contributed by atoms with Gasteiger partial charge in [-0.05, 0) is 0 Å². The summed E-state index contributed by atoms with van der Waals surface area (Å²) in [4.78, 5) is 0. The molecule has 0 N–H and O–H groups in total. The third-order valence-corrected chi connectivity index (χ3v) is 4.83. The van der Waals surface area contributed by atoms with Crippen LogP contribution in [0, 0.1) is 6.92 Å². The van der Waals surface area contributed by atoms with E-state index >= 15 is 0 Å². The van der Waals surface area contributed by atoms with E-state index < -0.39 is 0 Å². The third-order valence-electron chi connectivity index (χ3n) is 3.12. The van der Waals surface area contributed by atoms with E-state index in [2.05, 4.69) is 53.7 Å². The first-order chi connectivity index (χ1) is 8.29. The Morgan fingerprint density at radius 3 is 2.41 bits per heavy atom. The van der Waals surface area contributed by atoms with E-state index in [0.717, 1.165) is 0 Å². The van der Waals surface area contributed by atoms with Crippen LogP contribution in [0.3, 0.4) is 0 Å². The van der Waals surface area contributed by atoms with E-state index in [0.29, 0.717) is 15.0 Å². The zero-order chi connectivity index (χ0) is 12.1. The van der Waals surface area contributed by atoms with Crippen molar-refractivity contribution >= 4 is 25.6 Å². The second-order valence-corrected chi connectivity index (χ2v) is 6.21. The van der Waals surface area contributed by atoms with Gasteiger partial charge >= 0.3 is 110 Å². The van der Waals surface area contributed by atoms with Crippen molar-refractivity contribution in [1.82, 2.24) is 0 Å². The van der Waals surface area contributed by atoms with Crippen LogP contribution in [0.15, 0.2) is 30.3 Å². The van der Waals surface area contributed by atoms with Crippen molar-refractivity contribution in [2.75, 3.05) is 13.1 Å². The number of allylic oxidation sites excluding steroid dienone is 1. The molecule has 0 radical (unpaired) electrons. The second kappa shape index (κ2) is 6.18. The third kappa shape index (κ3) is 3.55. The van der Waals surface area contributed by atoms with Gasteiger partial charge in [0.05, 0.1) is 0 Å². The molecule has 1 heterocycles. The molecular weight excluding hydrogens is 273 g/mol. The Hall–Kier alpha value is -0.851. The van der Waals surface area contributed by atoms with Crippen molar-refractivity contribution in [3.8, 4) is 0 Å². The van der Waals surface area contributed by atoms with Gasteiger partial charge in [-0.15, -0.1) is 0 Å². The molecule has 90 valence electrons. The van der Waals surface area contributed by atoms with E-state index in [1.165, 1.54) is 41.7 Å². The van der Waals surface area contributed by atoms with Crippen molar-refractivity contribution in [3.63, 3.8) is 0 Å². The van der Waals surface area contributed by atoms with Gasteiger partial charge in [0.25, 0.3) is 0 Å². The van der Waals surface area contributed by atoms with Crippen molar-refractivity contribution in [2.45, 2.75) is 25.6 Å². The Labute approximate surface area is 110 Å².